The minimum absolute atomic E-state index is 0.0242. The fourth-order valence-corrected chi connectivity index (χ4v) is 3.21. The number of ketones is 1. The summed E-state index contributed by atoms with van der Waals surface area (Å²) >= 11 is 0. The fraction of sp³-hybridized carbons (Fsp3) is 0.316. The maximum Gasteiger partial charge on any atom is 0.133 e. The number of carbonyl (C=O) groups is 1. The summed E-state index contributed by atoms with van der Waals surface area (Å²) in [5.41, 5.74) is 2.71. The van der Waals surface area contributed by atoms with E-state index in [1.807, 2.05) is 0 Å². The maximum atomic E-state index is 11.6. The molecule has 0 amide bonds. The van der Waals surface area contributed by atoms with Crippen LogP contribution in [-0.2, 0) is 10.2 Å². The lowest BCUT2D eigenvalue weighted by atomic mass is 9.65. The Morgan fingerprint density at radius 2 is 1.14 bits per heavy atom. The van der Waals surface area contributed by atoms with Crippen molar-refractivity contribution in [1.82, 2.24) is 0 Å². The molecule has 2 nitrogen and oxygen atoms in total. The highest BCUT2D eigenvalue weighted by molar-refractivity contribution is 5.80. The Labute approximate surface area is 126 Å². The Kier molecular flexibility index (Phi) is 5.29. The van der Waals surface area contributed by atoms with Gasteiger partial charge in [-0.2, -0.15) is 0 Å². The highest BCUT2D eigenvalue weighted by Gasteiger charge is 2.37. The molecule has 21 heavy (non-hydrogen) atoms. The number of aliphatic hydroxyl groups excluding tert-OH is 1. The third-order valence-electron chi connectivity index (χ3n) is 4.31. The molecule has 1 aliphatic carbocycles. The zero-order chi connectivity index (χ0) is 15.1. The van der Waals surface area contributed by atoms with E-state index in [-0.39, 0.29) is 5.41 Å². The molecule has 2 aromatic rings. The molecule has 0 atom stereocenters. The molecule has 0 spiro atoms. The molecule has 1 aliphatic rings. The topological polar surface area (TPSA) is 37.3 Å². The second-order valence-corrected chi connectivity index (χ2v) is 5.35. The molecule has 0 radical (unpaired) electrons. The molecular formula is C19H22O2. The average molecular weight is 282 g/mol. The van der Waals surface area contributed by atoms with Gasteiger partial charge in [0.05, 0.1) is 0 Å². The zero-order valence-electron chi connectivity index (χ0n) is 12.5. The van der Waals surface area contributed by atoms with E-state index < -0.39 is 0 Å². The van der Waals surface area contributed by atoms with Gasteiger partial charge in [-0.25, -0.2) is 0 Å². The van der Waals surface area contributed by atoms with Crippen molar-refractivity contribution < 1.29 is 9.90 Å². The highest BCUT2D eigenvalue weighted by atomic mass is 16.2. The molecule has 2 heteroatoms. The fourth-order valence-electron chi connectivity index (χ4n) is 3.21. The highest BCUT2D eigenvalue weighted by Crippen LogP contribution is 2.43. The Morgan fingerprint density at radius 3 is 1.52 bits per heavy atom. The molecule has 1 saturated carbocycles. The van der Waals surface area contributed by atoms with Crippen LogP contribution in [-0.4, -0.2) is 18.0 Å². The summed E-state index contributed by atoms with van der Waals surface area (Å²) in [6, 6.07) is 21.3. The quantitative estimate of drug-likeness (QED) is 0.911. The van der Waals surface area contributed by atoms with Gasteiger partial charge < -0.3 is 5.11 Å². The standard InChI is InChI=1S/C18H18O.CH4O/c19-17-11-13-18(14-12-17,15-7-3-1-4-8-15)16-9-5-2-6-10-16;1-2/h1-10H,11-14H2;2H,1H3. The Hall–Kier alpha value is -1.93. The molecule has 3 rings (SSSR count). The molecule has 0 heterocycles. The van der Waals surface area contributed by atoms with Gasteiger partial charge in [0.25, 0.3) is 0 Å². The van der Waals surface area contributed by atoms with Crippen molar-refractivity contribution in [1.29, 1.82) is 0 Å². The molecule has 2 aromatic carbocycles. The van der Waals surface area contributed by atoms with Crippen LogP contribution >= 0.6 is 0 Å². The van der Waals surface area contributed by atoms with Gasteiger partial charge in [0.1, 0.15) is 5.78 Å². The Balaban J connectivity index is 0.000000774. The predicted octanol–water partition coefficient (Wildman–Crippen LogP) is 3.72. The summed E-state index contributed by atoms with van der Waals surface area (Å²) in [5, 5.41) is 7.00. The van der Waals surface area contributed by atoms with Gasteiger partial charge in [0, 0.05) is 25.4 Å². The lowest BCUT2D eigenvalue weighted by Gasteiger charge is -2.38. The summed E-state index contributed by atoms with van der Waals surface area (Å²) in [7, 11) is 1.00. The van der Waals surface area contributed by atoms with Crippen LogP contribution in [0.1, 0.15) is 36.8 Å². The SMILES string of the molecule is CO.O=C1CCC(c2ccccc2)(c2ccccc2)CC1. The van der Waals surface area contributed by atoms with Crippen LogP contribution in [0.15, 0.2) is 60.7 Å². The Morgan fingerprint density at radius 1 is 0.762 bits per heavy atom. The van der Waals surface area contributed by atoms with E-state index in [1.54, 1.807) is 0 Å². The summed E-state index contributed by atoms with van der Waals surface area (Å²) in [5.74, 6) is 0.405. The Bertz CT molecular complexity index is 509. The van der Waals surface area contributed by atoms with E-state index in [9.17, 15) is 4.79 Å². The van der Waals surface area contributed by atoms with Crippen LogP contribution < -0.4 is 0 Å². The van der Waals surface area contributed by atoms with E-state index in [1.165, 1.54) is 11.1 Å². The molecule has 0 bridgehead atoms. The summed E-state index contributed by atoms with van der Waals surface area (Å²) in [6.45, 7) is 0. The zero-order valence-corrected chi connectivity index (χ0v) is 12.5. The van der Waals surface area contributed by atoms with Crippen LogP contribution in [0.5, 0.6) is 0 Å². The van der Waals surface area contributed by atoms with Crippen molar-refractivity contribution in [2.24, 2.45) is 0 Å². The number of benzene rings is 2. The monoisotopic (exact) mass is 282 g/mol. The first-order chi connectivity index (χ1) is 10.3. The van der Waals surface area contributed by atoms with E-state index in [0.29, 0.717) is 18.6 Å². The number of aliphatic hydroxyl groups is 1. The van der Waals surface area contributed by atoms with Crippen molar-refractivity contribution in [2.75, 3.05) is 7.11 Å². The van der Waals surface area contributed by atoms with E-state index in [4.69, 9.17) is 5.11 Å². The van der Waals surface area contributed by atoms with Crippen molar-refractivity contribution in [3.8, 4) is 0 Å². The van der Waals surface area contributed by atoms with E-state index >= 15 is 0 Å². The van der Waals surface area contributed by atoms with Crippen LogP contribution in [0.2, 0.25) is 0 Å². The number of rotatable bonds is 2. The van der Waals surface area contributed by atoms with Gasteiger partial charge >= 0.3 is 0 Å². The van der Waals surface area contributed by atoms with E-state index in [0.717, 1.165) is 20.0 Å². The molecule has 1 fully saturated rings. The number of hydrogen-bond acceptors (Lipinski definition) is 2. The van der Waals surface area contributed by atoms with Crippen LogP contribution in [0, 0.1) is 0 Å². The molecular weight excluding hydrogens is 260 g/mol. The largest absolute Gasteiger partial charge is 0.400 e. The second-order valence-electron chi connectivity index (χ2n) is 5.35. The second kappa shape index (κ2) is 7.19. The summed E-state index contributed by atoms with van der Waals surface area (Å²) in [6.07, 6.45) is 3.26. The van der Waals surface area contributed by atoms with Crippen molar-refractivity contribution >= 4 is 5.78 Å². The summed E-state index contributed by atoms with van der Waals surface area (Å²) in [4.78, 5) is 11.6. The van der Waals surface area contributed by atoms with Gasteiger partial charge in [-0.3, -0.25) is 4.79 Å². The van der Waals surface area contributed by atoms with Gasteiger partial charge in [-0.1, -0.05) is 60.7 Å². The lowest BCUT2D eigenvalue weighted by Crippen LogP contribution is -2.33. The average Bonchev–Trinajstić information content (AvgIpc) is 2.59. The maximum absolute atomic E-state index is 11.6. The van der Waals surface area contributed by atoms with Crippen LogP contribution in [0.3, 0.4) is 0 Å². The lowest BCUT2D eigenvalue weighted by molar-refractivity contribution is -0.121. The van der Waals surface area contributed by atoms with Crippen molar-refractivity contribution in [2.45, 2.75) is 31.1 Å². The number of hydrogen-bond donors (Lipinski definition) is 1. The van der Waals surface area contributed by atoms with Gasteiger partial charge in [0.15, 0.2) is 0 Å². The van der Waals surface area contributed by atoms with E-state index in [2.05, 4.69) is 60.7 Å². The molecule has 110 valence electrons. The predicted molar refractivity (Wildman–Crippen MR) is 85.3 cm³/mol. The molecule has 0 saturated heterocycles. The minimum Gasteiger partial charge on any atom is -0.400 e. The van der Waals surface area contributed by atoms with Crippen LogP contribution in [0.25, 0.3) is 0 Å². The van der Waals surface area contributed by atoms with Gasteiger partial charge in [-0.05, 0) is 24.0 Å². The first kappa shape index (κ1) is 15.5. The van der Waals surface area contributed by atoms with Gasteiger partial charge in [-0.15, -0.1) is 0 Å². The van der Waals surface area contributed by atoms with Gasteiger partial charge in [0.2, 0.25) is 0 Å². The minimum atomic E-state index is 0.0242. The summed E-state index contributed by atoms with van der Waals surface area (Å²) < 4.78 is 0. The van der Waals surface area contributed by atoms with Crippen molar-refractivity contribution in [3.05, 3.63) is 71.8 Å². The third-order valence-corrected chi connectivity index (χ3v) is 4.31. The number of Topliss-reactive ketones (excluding diaryl/α,β-unsaturated/α-hetero) is 1. The van der Waals surface area contributed by atoms with Crippen LogP contribution in [0.4, 0.5) is 0 Å². The third kappa shape index (κ3) is 3.22. The first-order valence-electron chi connectivity index (χ1n) is 7.39. The number of carbonyl (C=O) groups excluding carboxylic acids is 1. The smallest absolute Gasteiger partial charge is 0.133 e. The normalized spacial score (nSPS) is 16.8. The molecule has 1 N–H and O–H groups in total. The molecule has 0 unspecified atom stereocenters. The molecule has 0 aliphatic heterocycles. The van der Waals surface area contributed by atoms with Crippen molar-refractivity contribution in [3.63, 3.8) is 0 Å². The first-order valence-corrected chi connectivity index (χ1v) is 7.39. The molecule has 0 aromatic heterocycles.